The van der Waals surface area contributed by atoms with E-state index in [1.165, 1.54) is 5.57 Å². The molecule has 0 aliphatic carbocycles. The van der Waals surface area contributed by atoms with Gasteiger partial charge in [-0.2, -0.15) is 0 Å². The number of hydrogen-bond donors (Lipinski definition) is 3. The third-order valence-corrected chi connectivity index (χ3v) is 3.11. The molecule has 12 heavy (non-hydrogen) atoms. The van der Waals surface area contributed by atoms with Gasteiger partial charge in [0.1, 0.15) is 0 Å². The fourth-order valence-corrected chi connectivity index (χ4v) is 2.39. The summed E-state index contributed by atoms with van der Waals surface area (Å²) in [6, 6.07) is 0. The quantitative estimate of drug-likeness (QED) is 0.476. The Morgan fingerprint density at radius 1 is 1.75 bits per heavy atom. The van der Waals surface area contributed by atoms with Crippen molar-refractivity contribution in [3.63, 3.8) is 0 Å². The predicted octanol–water partition coefficient (Wildman–Crippen LogP) is 1.25. The van der Waals surface area contributed by atoms with Gasteiger partial charge in [-0.25, -0.2) is 10.9 Å². The molecule has 1 aliphatic rings. The largest absolute Gasteiger partial charge is 0.376 e. The summed E-state index contributed by atoms with van der Waals surface area (Å²) in [7, 11) is 0.0293. The number of nitrogens with two attached hydrogens (primary N) is 1. The third-order valence-electron chi connectivity index (χ3n) is 1.61. The highest BCUT2D eigenvalue weighted by molar-refractivity contribution is 8.21. The molecule has 3 N–H and O–H groups in total. The van der Waals surface area contributed by atoms with Gasteiger partial charge >= 0.3 is 0 Å². The summed E-state index contributed by atoms with van der Waals surface area (Å²) in [4.78, 5) is 0. The molecule has 0 saturated heterocycles. The van der Waals surface area contributed by atoms with Gasteiger partial charge in [-0.3, -0.25) is 0 Å². The van der Waals surface area contributed by atoms with Gasteiger partial charge < -0.3 is 11.1 Å². The summed E-state index contributed by atoms with van der Waals surface area (Å²) in [6.45, 7) is 0.842. The highest BCUT2D eigenvalue weighted by Gasteiger charge is 2.00. The van der Waals surface area contributed by atoms with E-state index < -0.39 is 0 Å². The van der Waals surface area contributed by atoms with E-state index >= 15 is 0 Å². The molecule has 1 rings (SSSR count). The molecule has 0 aromatic carbocycles. The van der Waals surface area contributed by atoms with Crippen LogP contribution in [0.1, 0.15) is 6.42 Å². The van der Waals surface area contributed by atoms with Gasteiger partial charge in [0.05, 0.1) is 0 Å². The summed E-state index contributed by atoms with van der Waals surface area (Å²) < 4.78 is 0. The van der Waals surface area contributed by atoms with Crippen LogP contribution >= 0.6 is 23.1 Å². The van der Waals surface area contributed by atoms with Crippen LogP contribution in [0, 0.1) is 0 Å². The number of hydrogen-bond acceptors (Lipinski definition) is 1. The minimum atomic E-state index is 0.0293. The number of rotatable bonds is 3. The lowest BCUT2D eigenvalue weighted by Crippen LogP contribution is -2.29. The SMILES string of the molecule is C[SH]1C=CC(CCNC(N)=S)=C1. The van der Waals surface area contributed by atoms with E-state index in [9.17, 15) is 0 Å². The van der Waals surface area contributed by atoms with Crippen molar-refractivity contribution in [1.82, 2.24) is 5.32 Å². The first-order chi connectivity index (χ1) is 5.68. The minimum absolute atomic E-state index is 0.0293. The Hall–Kier alpha value is -0.480. The van der Waals surface area contributed by atoms with E-state index in [4.69, 9.17) is 18.0 Å². The van der Waals surface area contributed by atoms with E-state index in [0.29, 0.717) is 5.11 Å². The molecule has 2 nitrogen and oxygen atoms in total. The third kappa shape index (κ3) is 3.28. The van der Waals surface area contributed by atoms with Crippen molar-refractivity contribution in [1.29, 1.82) is 0 Å². The standard InChI is InChI=1S/C8H14N2S2/c1-12-5-3-7(6-12)2-4-10-8(9)11/h3,5-6,12H,2,4H2,1H3,(H3,9,10,11). The van der Waals surface area contributed by atoms with Crippen LogP contribution in [0.25, 0.3) is 0 Å². The molecule has 0 aromatic rings. The van der Waals surface area contributed by atoms with E-state index in [1.807, 2.05) is 0 Å². The fourth-order valence-electron chi connectivity index (χ4n) is 1.04. The maximum Gasteiger partial charge on any atom is 0.163 e. The molecule has 0 radical (unpaired) electrons. The van der Waals surface area contributed by atoms with Crippen LogP contribution < -0.4 is 11.1 Å². The van der Waals surface area contributed by atoms with Crippen LogP contribution in [0.15, 0.2) is 22.5 Å². The Kier molecular flexibility index (Phi) is 3.62. The molecular weight excluding hydrogens is 188 g/mol. The lowest BCUT2D eigenvalue weighted by atomic mass is 10.2. The maximum atomic E-state index is 5.29. The van der Waals surface area contributed by atoms with Crippen LogP contribution in [0.2, 0.25) is 0 Å². The van der Waals surface area contributed by atoms with E-state index in [1.54, 1.807) is 0 Å². The van der Waals surface area contributed by atoms with Crippen molar-refractivity contribution in [3.05, 3.63) is 22.5 Å². The van der Waals surface area contributed by atoms with Gasteiger partial charge in [0.25, 0.3) is 0 Å². The van der Waals surface area contributed by atoms with Gasteiger partial charge in [-0.05, 0) is 41.3 Å². The average molecular weight is 202 g/mol. The Balaban J connectivity index is 2.21. The molecule has 1 aliphatic heterocycles. The van der Waals surface area contributed by atoms with Crippen molar-refractivity contribution < 1.29 is 0 Å². The molecule has 0 amide bonds. The zero-order valence-electron chi connectivity index (χ0n) is 7.08. The maximum absolute atomic E-state index is 5.29. The first kappa shape index (κ1) is 9.61. The minimum Gasteiger partial charge on any atom is -0.376 e. The van der Waals surface area contributed by atoms with Crippen molar-refractivity contribution in [2.24, 2.45) is 5.73 Å². The second-order valence-electron chi connectivity index (χ2n) is 2.73. The monoisotopic (exact) mass is 202 g/mol. The number of allylic oxidation sites excluding steroid dienone is 1. The smallest absolute Gasteiger partial charge is 0.163 e. The topological polar surface area (TPSA) is 38.0 Å². The van der Waals surface area contributed by atoms with Crippen LogP contribution in [0.5, 0.6) is 0 Å². The number of thiocarbonyl (C=S) groups is 1. The fraction of sp³-hybridized carbons (Fsp3) is 0.375. The zero-order valence-corrected chi connectivity index (χ0v) is 8.79. The number of nitrogens with one attached hydrogen (secondary N) is 1. The molecule has 1 heterocycles. The van der Waals surface area contributed by atoms with Gasteiger partial charge in [0, 0.05) is 6.54 Å². The Morgan fingerprint density at radius 3 is 3.00 bits per heavy atom. The van der Waals surface area contributed by atoms with E-state index in [-0.39, 0.29) is 10.9 Å². The Labute approximate surface area is 81.2 Å². The molecular formula is C8H14N2S2. The Bertz CT molecular complexity index is 233. The first-order valence-corrected chi connectivity index (χ1v) is 6.16. The summed E-state index contributed by atoms with van der Waals surface area (Å²) >= 11 is 4.69. The summed E-state index contributed by atoms with van der Waals surface area (Å²) in [5.74, 6) is 0. The van der Waals surface area contributed by atoms with E-state index in [2.05, 4.69) is 28.5 Å². The van der Waals surface area contributed by atoms with Crippen molar-refractivity contribution in [2.45, 2.75) is 6.42 Å². The van der Waals surface area contributed by atoms with Crippen LogP contribution in [0.3, 0.4) is 0 Å². The summed E-state index contributed by atoms with van der Waals surface area (Å²) in [5, 5.41) is 7.89. The lowest BCUT2D eigenvalue weighted by Gasteiger charge is -2.02. The lowest BCUT2D eigenvalue weighted by molar-refractivity contribution is 0.875. The molecule has 0 fully saturated rings. The molecule has 0 saturated carbocycles. The molecule has 1 unspecified atom stereocenters. The van der Waals surface area contributed by atoms with Gasteiger partial charge in [-0.15, -0.1) is 0 Å². The second-order valence-corrected chi connectivity index (χ2v) is 5.05. The van der Waals surface area contributed by atoms with Crippen LogP contribution in [-0.2, 0) is 0 Å². The van der Waals surface area contributed by atoms with Crippen molar-refractivity contribution >= 4 is 28.2 Å². The van der Waals surface area contributed by atoms with Crippen molar-refractivity contribution in [3.8, 4) is 0 Å². The van der Waals surface area contributed by atoms with Crippen LogP contribution in [0.4, 0.5) is 0 Å². The average Bonchev–Trinajstić information content (AvgIpc) is 2.35. The molecule has 1 atom stereocenters. The van der Waals surface area contributed by atoms with E-state index in [0.717, 1.165) is 13.0 Å². The second kappa shape index (κ2) is 4.52. The highest BCUT2D eigenvalue weighted by atomic mass is 32.2. The Morgan fingerprint density at radius 2 is 2.50 bits per heavy atom. The van der Waals surface area contributed by atoms with Crippen molar-refractivity contribution in [2.75, 3.05) is 12.8 Å². The van der Waals surface area contributed by atoms with Crippen LogP contribution in [-0.4, -0.2) is 17.9 Å². The molecule has 0 bridgehead atoms. The molecule has 0 spiro atoms. The zero-order chi connectivity index (χ0) is 8.97. The normalized spacial score (nSPS) is 23.8. The number of thiol groups is 1. The van der Waals surface area contributed by atoms with Gasteiger partial charge in [0.2, 0.25) is 0 Å². The summed E-state index contributed by atoms with van der Waals surface area (Å²) in [6.07, 6.45) is 5.44. The molecule has 4 heteroatoms. The highest BCUT2D eigenvalue weighted by Crippen LogP contribution is 2.32. The van der Waals surface area contributed by atoms with Gasteiger partial charge in [-0.1, -0.05) is 6.08 Å². The predicted molar refractivity (Wildman–Crippen MR) is 61.5 cm³/mol. The van der Waals surface area contributed by atoms with Gasteiger partial charge in [0.15, 0.2) is 5.11 Å². The molecule has 0 aromatic heterocycles. The molecule has 68 valence electrons. The first-order valence-electron chi connectivity index (χ1n) is 3.82. The summed E-state index contributed by atoms with van der Waals surface area (Å²) in [5.41, 5.74) is 6.69.